The summed E-state index contributed by atoms with van der Waals surface area (Å²) >= 11 is 0. The van der Waals surface area contributed by atoms with E-state index in [0.717, 1.165) is 25.5 Å². The zero-order valence-corrected chi connectivity index (χ0v) is 13.8. The van der Waals surface area contributed by atoms with Crippen LogP contribution in [0.25, 0.3) is 0 Å². The van der Waals surface area contributed by atoms with Gasteiger partial charge in [0.15, 0.2) is 0 Å². The number of aromatic nitrogens is 2. The van der Waals surface area contributed by atoms with Gasteiger partial charge in [0.1, 0.15) is 5.82 Å². The quantitative estimate of drug-likeness (QED) is 0.719. The summed E-state index contributed by atoms with van der Waals surface area (Å²) in [4.78, 5) is 27.1. The fourth-order valence-electron chi connectivity index (χ4n) is 2.43. The third kappa shape index (κ3) is 4.95. The van der Waals surface area contributed by atoms with Crippen molar-refractivity contribution in [1.82, 2.24) is 9.55 Å². The van der Waals surface area contributed by atoms with Crippen LogP contribution in [0, 0.1) is 0 Å². The summed E-state index contributed by atoms with van der Waals surface area (Å²) in [5, 5.41) is 11.2. The van der Waals surface area contributed by atoms with Crippen LogP contribution < -0.4 is 11.0 Å². The van der Waals surface area contributed by atoms with Crippen molar-refractivity contribution in [1.29, 1.82) is 0 Å². The summed E-state index contributed by atoms with van der Waals surface area (Å²) in [5.41, 5.74) is -1.01. The van der Waals surface area contributed by atoms with Gasteiger partial charge in [-0.15, -0.1) is 0 Å². The van der Waals surface area contributed by atoms with E-state index in [4.69, 9.17) is 14.6 Å². The molecule has 1 aliphatic rings. The Hall–Kier alpha value is -2.07. The lowest BCUT2D eigenvalue weighted by Crippen LogP contribution is -2.35. The van der Waals surface area contributed by atoms with Gasteiger partial charge in [0.05, 0.1) is 19.3 Å². The predicted molar refractivity (Wildman–Crippen MR) is 83.6 cm³/mol. The van der Waals surface area contributed by atoms with Crippen molar-refractivity contribution in [3.8, 4) is 0 Å². The first-order valence-electron chi connectivity index (χ1n) is 8.04. The van der Waals surface area contributed by atoms with Crippen LogP contribution >= 0.6 is 0 Å². The number of halogens is 2. The van der Waals surface area contributed by atoms with Gasteiger partial charge in [-0.2, -0.15) is 4.98 Å². The van der Waals surface area contributed by atoms with Gasteiger partial charge in [-0.3, -0.25) is 9.88 Å². The highest BCUT2D eigenvalue weighted by Gasteiger charge is 2.51. The molecule has 0 unspecified atom stereocenters. The fraction of sp³-hybridized carbons (Fsp3) is 0.667. The van der Waals surface area contributed by atoms with Crippen LogP contribution in [0.3, 0.4) is 0 Å². The molecule has 25 heavy (non-hydrogen) atoms. The Balaban J connectivity index is 2.01. The second-order valence-corrected chi connectivity index (χ2v) is 5.73. The number of nitrogens with one attached hydrogen (secondary N) is 1. The van der Waals surface area contributed by atoms with E-state index in [1.54, 1.807) is 0 Å². The Labute approximate surface area is 142 Å². The van der Waals surface area contributed by atoms with E-state index in [2.05, 4.69) is 10.3 Å². The van der Waals surface area contributed by atoms with Crippen molar-refractivity contribution >= 4 is 11.9 Å². The molecule has 0 spiro atoms. The standard InChI is InChI=1S/C15H21F2N3O5/c1-2-3-4-7-24-14(23)19-11-5-6-20(13(22)18-11)12-15(16,17)8-10(9-21)25-12/h5-6,10,12,21H,2-4,7-9H2,1H3,(H,18,19,22,23)/t10-,12+/m0/s1. The fourth-order valence-corrected chi connectivity index (χ4v) is 2.43. The molecule has 1 aliphatic heterocycles. The number of aliphatic hydroxyl groups is 1. The maximum atomic E-state index is 13.9. The van der Waals surface area contributed by atoms with Crippen LogP contribution in [0.5, 0.6) is 0 Å². The Bertz CT molecular complexity index is 652. The van der Waals surface area contributed by atoms with E-state index >= 15 is 0 Å². The molecule has 1 amide bonds. The largest absolute Gasteiger partial charge is 0.449 e. The molecule has 2 rings (SSSR count). The van der Waals surface area contributed by atoms with Crippen LogP contribution in [0.15, 0.2) is 17.1 Å². The number of nitrogens with zero attached hydrogens (tertiary/aromatic N) is 2. The smallest absolute Gasteiger partial charge is 0.412 e. The molecular formula is C15H21F2N3O5. The van der Waals surface area contributed by atoms with Crippen LogP contribution in [0.1, 0.15) is 38.8 Å². The minimum Gasteiger partial charge on any atom is -0.449 e. The molecule has 2 N–H and O–H groups in total. The molecule has 0 saturated carbocycles. The van der Waals surface area contributed by atoms with Gasteiger partial charge >= 0.3 is 11.8 Å². The second-order valence-electron chi connectivity index (χ2n) is 5.73. The Kier molecular flexibility index (Phi) is 6.43. The highest BCUT2D eigenvalue weighted by atomic mass is 19.3. The van der Waals surface area contributed by atoms with E-state index in [9.17, 15) is 18.4 Å². The monoisotopic (exact) mass is 361 g/mol. The number of ether oxygens (including phenoxy) is 2. The van der Waals surface area contributed by atoms with Gasteiger partial charge in [0.2, 0.25) is 6.23 Å². The number of hydrogen-bond acceptors (Lipinski definition) is 6. The van der Waals surface area contributed by atoms with Gasteiger partial charge in [-0.25, -0.2) is 18.4 Å². The van der Waals surface area contributed by atoms with Crippen molar-refractivity contribution < 1.29 is 28.2 Å². The average molecular weight is 361 g/mol. The van der Waals surface area contributed by atoms with E-state index in [0.29, 0.717) is 4.57 Å². The number of hydrogen-bond donors (Lipinski definition) is 2. The highest BCUT2D eigenvalue weighted by molar-refractivity contribution is 5.83. The summed E-state index contributed by atoms with van der Waals surface area (Å²) < 4.78 is 38.4. The van der Waals surface area contributed by atoms with Crippen LogP contribution in [0.2, 0.25) is 0 Å². The van der Waals surface area contributed by atoms with Crippen molar-refractivity contribution in [2.45, 2.75) is 50.9 Å². The minimum atomic E-state index is -3.31. The number of rotatable bonds is 7. The SMILES string of the molecule is CCCCCOC(=O)Nc1ccn([C@@H]2O[C@H](CO)CC2(F)F)c(=O)n1. The van der Waals surface area contributed by atoms with E-state index < -0.39 is 43.1 Å². The van der Waals surface area contributed by atoms with Gasteiger partial charge in [0.25, 0.3) is 5.92 Å². The number of amides is 1. The Morgan fingerprint density at radius 1 is 1.56 bits per heavy atom. The summed E-state index contributed by atoms with van der Waals surface area (Å²) in [7, 11) is 0. The summed E-state index contributed by atoms with van der Waals surface area (Å²) in [6.45, 7) is 1.68. The lowest BCUT2D eigenvalue weighted by Gasteiger charge is -2.19. The zero-order valence-electron chi connectivity index (χ0n) is 13.8. The first kappa shape index (κ1) is 19.3. The molecule has 0 aromatic carbocycles. The average Bonchev–Trinajstić information content (AvgIpc) is 2.86. The molecule has 0 radical (unpaired) electrons. The first-order chi connectivity index (χ1) is 11.9. The summed E-state index contributed by atoms with van der Waals surface area (Å²) in [6.07, 6.45) is -0.683. The molecule has 8 nitrogen and oxygen atoms in total. The second kappa shape index (κ2) is 8.34. The van der Waals surface area contributed by atoms with E-state index in [1.807, 2.05) is 6.92 Å². The molecule has 2 atom stereocenters. The van der Waals surface area contributed by atoms with Crippen LogP contribution in [-0.2, 0) is 9.47 Å². The van der Waals surface area contributed by atoms with Crippen LogP contribution in [0.4, 0.5) is 19.4 Å². The minimum absolute atomic E-state index is 0.109. The third-order valence-corrected chi connectivity index (χ3v) is 3.68. The number of alkyl halides is 2. The Morgan fingerprint density at radius 2 is 2.32 bits per heavy atom. The van der Waals surface area contributed by atoms with Gasteiger partial charge in [0, 0.05) is 12.6 Å². The lowest BCUT2D eigenvalue weighted by molar-refractivity contribution is -0.120. The van der Waals surface area contributed by atoms with Crippen molar-refractivity contribution in [3.63, 3.8) is 0 Å². The number of carbonyl (C=O) groups excluding carboxylic acids is 1. The number of unbranched alkanes of at least 4 members (excludes halogenated alkanes) is 2. The topological polar surface area (TPSA) is 103 Å². The van der Waals surface area contributed by atoms with Gasteiger partial charge in [-0.1, -0.05) is 19.8 Å². The molecule has 140 valence electrons. The predicted octanol–water partition coefficient (Wildman–Crippen LogP) is 1.90. The summed E-state index contributed by atoms with van der Waals surface area (Å²) in [6, 6.07) is 1.19. The molecule has 0 aliphatic carbocycles. The summed E-state index contributed by atoms with van der Waals surface area (Å²) in [5.74, 6) is -3.42. The van der Waals surface area contributed by atoms with Gasteiger partial charge in [-0.05, 0) is 12.5 Å². The molecule has 1 aromatic rings. The van der Waals surface area contributed by atoms with Crippen molar-refractivity contribution in [3.05, 3.63) is 22.7 Å². The number of aliphatic hydroxyl groups excluding tert-OH is 1. The highest BCUT2D eigenvalue weighted by Crippen LogP contribution is 2.41. The van der Waals surface area contributed by atoms with Gasteiger partial charge < -0.3 is 14.6 Å². The first-order valence-corrected chi connectivity index (χ1v) is 8.04. The van der Waals surface area contributed by atoms with Crippen molar-refractivity contribution in [2.24, 2.45) is 0 Å². The number of anilines is 1. The van der Waals surface area contributed by atoms with Crippen LogP contribution in [-0.4, -0.2) is 46.0 Å². The van der Waals surface area contributed by atoms with E-state index in [-0.39, 0.29) is 12.4 Å². The van der Waals surface area contributed by atoms with Crippen molar-refractivity contribution in [2.75, 3.05) is 18.5 Å². The molecule has 1 aromatic heterocycles. The molecule has 1 saturated heterocycles. The van der Waals surface area contributed by atoms with E-state index in [1.165, 1.54) is 6.07 Å². The number of carbonyl (C=O) groups is 1. The molecule has 10 heteroatoms. The maximum absolute atomic E-state index is 13.9. The maximum Gasteiger partial charge on any atom is 0.412 e. The third-order valence-electron chi connectivity index (χ3n) is 3.68. The zero-order chi connectivity index (χ0) is 18.4. The normalized spacial score (nSPS) is 21.9. The lowest BCUT2D eigenvalue weighted by atomic mass is 10.2. The Morgan fingerprint density at radius 3 is 2.92 bits per heavy atom. The molecule has 2 heterocycles. The molecular weight excluding hydrogens is 340 g/mol. The molecule has 1 fully saturated rings. The molecule has 0 bridgehead atoms.